The van der Waals surface area contributed by atoms with Gasteiger partial charge in [-0.05, 0) is 18.6 Å². The zero-order valence-corrected chi connectivity index (χ0v) is 12.1. The van der Waals surface area contributed by atoms with Crippen LogP contribution in [0.4, 0.5) is 0 Å². The van der Waals surface area contributed by atoms with Gasteiger partial charge in [0.2, 0.25) is 5.91 Å². The van der Waals surface area contributed by atoms with Gasteiger partial charge in [-0.3, -0.25) is 4.79 Å². The number of fused-ring (bicyclic) bond motifs is 1. The van der Waals surface area contributed by atoms with Crippen LogP contribution in [0.3, 0.4) is 0 Å². The lowest BCUT2D eigenvalue weighted by Crippen LogP contribution is -2.28. The first-order valence-electron chi connectivity index (χ1n) is 7.30. The minimum absolute atomic E-state index is 0.0243. The number of nitrogens with one attached hydrogen (secondary N) is 1. The van der Waals surface area contributed by atoms with E-state index in [0.717, 1.165) is 16.9 Å². The summed E-state index contributed by atoms with van der Waals surface area (Å²) >= 11 is 0. The molecule has 0 spiro atoms. The highest BCUT2D eigenvalue weighted by Gasteiger charge is 2.26. The first-order chi connectivity index (χ1) is 10.2. The Balaban J connectivity index is 1.61. The highest BCUT2D eigenvalue weighted by Crippen LogP contribution is 2.35. The lowest BCUT2D eigenvalue weighted by atomic mass is 9.97. The maximum atomic E-state index is 12.2. The summed E-state index contributed by atoms with van der Waals surface area (Å²) in [5.41, 5.74) is 2.26. The lowest BCUT2D eigenvalue weighted by molar-refractivity contribution is -0.122. The average molecular weight is 281 g/mol. The molecule has 3 nitrogen and oxygen atoms in total. The van der Waals surface area contributed by atoms with Crippen molar-refractivity contribution < 1.29 is 9.53 Å². The largest absolute Gasteiger partial charge is 0.493 e. The standard InChI is InChI=1S/C18H19NO2/c1-13(14-7-3-2-4-8-14)19-18(20)11-15-12-21-17-10-6-5-9-16(15)17/h2-10,13,15H,11-12H2,1H3,(H,19,20). The summed E-state index contributed by atoms with van der Waals surface area (Å²) in [6, 6.07) is 18.0. The number of carbonyl (C=O) groups is 1. The Morgan fingerprint density at radius 3 is 2.71 bits per heavy atom. The van der Waals surface area contributed by atoms with E-state index in [1.165, 1.54) is 0 Å². The van der Waals surface area contributed by atoms with Crippen molar-refractivity contribution in [3.63, 3.8) is 0 Å². The maximum Gasteiger partial charge on any atom is 0.221 e. The number of benzene rings is 2. The first kappa shape index (κ1) is 13.7. The van der Waals surface area contributed by atoms with E-state index in [1.807, 2.05) is 61.5 Å². The van der Waals surface area contributed by atoms with Crippen LogP contribution in [-0.4, -0.2) is 12.5 Å². The Bertz CT molecular complexity index is 624. The summed E-state index contributed by atoms with van der Waals surface area (Å²) in [4.78, 5) is 12.2. The molecule has 0 saturated heterocycles. The molecule has 1 aliphatic rings. The molecule has 2 aromatic rings. The van der Waals surface area contributed by atoms with Gasteiger partial charge in [0.1, 0.15) is 5.75 Å². The number of carbonyl (C=O) groups excluding carboxylic acids is 1. The summed E-state index contributed by atoms with van der Waals surface area (Å²) in [6.07, 6.45) is 0.466. The van der Waals surface area contributed by atoms with Crippen LogP contribution < -0.4 is 10.1 Å². The molecule has 0 bridgehead atoms. The van der Waals surface area contributed by atoms with E-state index in [9.17, 15) is 4.79 Å². The Morgan fingerprint density at radius 1 is 1.19 bits per heavy atom. The number of para-hydroxylation sites is 1. The average Bonchev–Trinajstić information content (AvgIpc) is 2.91. The second kappa shape index (κ2) is 6.00. The molecule has 2 atom stereocenters. The maximum absolute atomic E-state index is 12.2. The predicted octanol–water partition coefficient (Wildman–Crippen LogP) is 3.43. The van der Waals surface area contributed by atoms with Crippen LogP contribution >= 0.6 is 0 Å². The highest BCUT2D eigenvalue weighted by molar-refractivity contribution is 5.77. The second-order valence-electron chi connectivity index (χ2n) is 5.45. The second-order valence-corrected chi connectivity index (χ2v) is 5.45. The summed E-state index contributed by atoms with van der Waals surface area (Å²) in [5, 5.41) is 3.06. The summed E-state index contributed by atoms with van der Waals surface area (Å²) in [7, 11) is 0. The van der Waals surface area contributed by atoms with Crippen molar-refractivity contribution in [3.8, 4) is 5.75 Å². The number of rotatable bonds is 4. The fourth-order valence-corrected chi connectivity index (χ4v) is 2.75. The van der Waals surface area contributed by atoms with Crippen molar-refractivity contribution in [3.05, 3.63) is 65.7 Å². The highest BCUT2D eigenvalue weighted by atomic mass is 16.5. The van der Waals surface area contributed by atoms with Gasteiger partial charge in [-0.1, -0.05) is 48.5 Å². The Morgan fingerprint density at radius 2 is 1.90 bits per heavy atom. The van der Waals surface area contributed by atoms with Gasteiger partial charge in [0.25, 0.3) is 0 Å². The monoisotopic (exact) mass is 281 g/mol. The smallest absolute Gasteiger partial charge is 0.221 e. The van der Waals surface area contributed by atoms with Gasteiger partial charge < -0.3 is 10.1 Å². The number of hydrogen-bond donors (Lipinski definition) is 1. The van der Waals surface area contributed by atoms with Crippen molar-refractivity contribution in [2.75, 3.05) is 6.61 Å². The molecule has 1 aliphatic heterocycles. The van der Waals surface area contributed by atoms with E-state index in [4.69, 9.17) is 4.74 Å². The fraction of sp³-hybridized carbons (Fsp3) is 0.278. The van der Waals surface area contributed by atoms with Crippen molar-refractivity contribution in [2.24, 2.45) is 0 Å². The molecular weight excluding hydrogens is 262 g/mol. The molecule has 21 heavy (non-hydrogen) atoms. The first-order valence-corrected chi connectivity index (χ1v) is 7.30. The molecule has 2 unspecified atom stereocenters. The van der Waals surface area contributed by atoms with Crippen LogP contribution in [0.2, 0.25) is 0 Å². The molecule has 3 rings (SSSR count). The van der Waals surface area contributed by atoms with E-state index >= 15 is 0 Å². The van der Waals surface area contributed by atoms with Crippen molar-refractivity contribution >= 4 is 5.91 Å². The van der Waals surface area contributed by atoms with Crippen molar-refractivity contribution in [1.29, 1.82) is 0 Å². The molecule has 1 amide bonds. The normalized spacial score (nSPS) is 17.7. The molecule has 3 heteroatoms. The van der Waals surface area contributed by atoms with Crippen molar-refractivity contribution in [1.82, 2.24) is 5.32 Å². The Kier molecular flexibility index (Phi) is 3.91. The molecule has 1 N–H and O–H groups in total. The molecule has 108 valence electrons. The Labute approximate surface area is 124 Å². The molecule has 0 radical (unpaired) electrons. The molecule has 0 aromatic heterocycles. The summed E-state index contributed by atoms with van der Waals surface area (Å²) < 4.78 is 5.62. The van der Waals surface area contributed by atoms with Gasteiger partial charge in [0.15, 0.2) is 0 Å². The summed E-state index contributed by atoms with van der Waals surface area (Å²) in [5.74, 6) is 1.13. The fourth-order valence-electron chi connectivity index (χ4n) is 2.75. The lowest BCUT2D eigenvalue weighted by Gasteiger charge is -2.16. The van der Waals surface area contributed by atoms with E-state index in [0.29, 0.717) is 13.0 Å². The summed E-state index contributed by atoms with van der Waals surface area (Å²) in [6.45, 7) is 2.60. The van der Waals surface area contributed by atoms with Crippen LogP contribution in [0.25, 0.3) is 0 Å². The quantitative estimate of drug-likeness (QED) is 0.932. The van der Waals surface area contributed by atoms with Crippen LogP contribution in [0.5, 0.6) is 5.75 Å². The SMILES string of the molecule is CC(NC(=O)CC1COc2ccccc21)c1ccccc1. The van der Waals surface area contributed by atoms with Gasteiger partial charge in [0.05, 0.1) is 12.6 Å². The van der Waals surface area contributed by atoms with Gasteiger partial charge in [0, 0.05) is 17.9 Å². The zero-order valence-electron chi connectivity index (χ0n) is 12.1. The van der Waals surface area contributed by atoms with E-state index in [2.05, 4.69) is 5.32 Å². The molecule has 2 aromatic carbocycles. The van der Waals surface area contributed by atoms with E-state index in [1.54, 1.807) is 0 Å². The topological polar surface area (TPSA) is 38.3 Å². The number of hydrogen-bond acceptors (Lipinski definition) is 2. The number of amides is 1. The van der Waals surface area contributed by atoms with Crippen LogP contribution in [0.1, 0.15) is 36.4 Å². The molecule has 1 heterocycles. The van der Waals surface area contributed by atoms with Crippen LogP contribution in [0.15, 0.2) is 54.6 Å². The van der Waals surface area contributed by atoms with Crippen LogP contribution in [0, 0.1) is 0 Å². The third-order valence-electron chi connectivity index (χ3n) is 3.91. The third kappa shape index (κ3) is 3.07. The van der Waals surface area contributed by atoms with Gasteiger partial charge in [-0.15, -0.1) is 0 Å². The Hall–Kier alpha value is -2.29. The van der Waals surface area contributed by atoms with E-state index in [-0.39, 0.29) is 17.9 Å². The third-order valence-corrected chi connectivity index (χ3v) is 3.91. The molecule has 0 fully saturated rings. The molecule has 0 aliphatic carbocycles. The minimum Gasteiger partial charge on any atom is -0.493 e. The molecule has 0 saturated carbocycles. The molecular formula is C18H19NO2. The van der Waals surface area contributed by atoms with Crippen molar-refractivity contribution in [2.45, 2.75) is 25.3 Å². The number of ether oxygens (including phenoxy) is 1. The zero-order chi connectivity index (χ0) is 14.7. The van der Waals surface area contributed by atoms with Gasteiger partial charge in [-0.2, -0.15) is 0 Å². The minimum atomic E-state index is 0.0243. The van der Waals surface area contributed by atoms with Gasteiger partial charge in [-0.25, -0.2) is 0 Å². The van der Waals surface area contributed by atoms with Crippen LogP contribution in [-0.2, 0) is 4.79 Å². The van der Waals surface area contributed by atoms with Gasteiger partial charge >= 0.3 is 0 Å². The predicted molar refractivity (Wildman–Crippen MR) is 82.3 cm³/mol. The van der Waals surface area contributed by atoms with E-state index < -0.39 is 0 Å².